The summed E-state index contributed by atoms with van der Waals surface area (Å²) in [5.41, 5.74) is 1.15. The molecule has 0 saturated carbocycles. The lowest BCUT2D eigenvalue weighted by Crippen LogP contribution is -2.56. The standard InChI is InChI=1S/C19H20F3N3O3/c1-24-11-14(12-25(18(24)26)15-6-4-3-5-7-15)23-13-8-16(27-2)10-17(9-13)28-19(20,21)22/h3-10,14,23H,11-12H2,1-2H3. The highest BCUT2D eigenvalue weighted by molar-refractivity contribution is 5.93. The summed E-state index contributed by atoms with van der Waals surface area (Å²) < 4.78 is 46.8. The van der Waals surface area contributed by atoms with E-state index in [9.17, 15) is 18.0 Å². The summed E-state index contributed by atoms with van der Waals surface area (Å²) in [4.78, 5) is 15.7. The SMILES string of the molecule is COc1cc(NC2CN(C)C(=O)N(c3ccccc3)C2)cc(OC(F)(F)F)c1. The summed E-state index contributed by atoms with van der Waals surface area (Å²) in [6, 6.07) is 12.8. The zero-order valence-electron chi connectivity index (χ0n) is 15.4. The number of ether oxygens (including phenoxy) is 2. The topological polar surface area (TPSA) is 54.0 Å². The van der Waals surface area contributed by atoms with E-state index in [2.05, 4.69) is 10.1 Å². The van der Waals surface area contributed by atoms with Gasteiger partial charge in [-0.15, -0.1) is 13.2 Å². The van der Waals surface area contributed by atoms with Crippen molar-refractivity contribution in [3.05, 3.63) is 48.5 Å². The summed E-state index contributed by atoms with van der Waals surface area (Å²) in [5.74, 6) is -0.154. The van der Waals surface area contributed by atoms with Crippen molar-refractivity contribution in [2.45, 2.75) is 12.4 Å². The monoisotopic (exact) mass is 395 g/mol. The fourth-order valence-electron chi connectivity index (χ4n) is 3.09. The van der Waals surface area contributed by atoms with Crippen LogP contribution in [0.15, 0.2) is 48.5 Å². The largest absolute Gasteiger partial charge is 0.573 e. The van der Waals surface area contributed by atoms with Crippen LogP contribution < -0.4 is 19.7 Å². The molecule has 0 aromatic heterocycles. The Morgan fingerprint density at radius 1 is 1.07 bits per heavy atom. The molecule has 2 aromatic carbocycles. The third-order valence-electron chi connectivity index (χ3n) is 4.24. The zero-order chi connectivity index (χ0) is 20.3. The van der Waals surface area contributed by atoms with Gasteiger partial charge in [-0.05, 0) is 12.1 Å². The van der Waals surface area contributed by atoms with Crippen LogP contribution in [-0.4, -0.2) is 50.6 Å². The van der Waals surface area contributed by atoms with Crippen LogP contribution in [0.5, 0.6) is 11.5 Å². The molecule has 0 aliphatic carbocycles. The van der Waals surface area contributed by atoms with Gasteiger partial charge in [-0.1, -0.05) is 18.2 Å². The first-order valence-electron chi connectivity index (χ1n) is 8.54. The zero-order valence-corrected chi connectivity index (χ0v) is 15.4. The molecule has 2 aromatic rings. The Balaban J connectivity index is 1.80. The van der Waals surface area contributed by atoms with Gasteiger partial charge in [-0.25, -0.2) is 4.79 Å². The number of benzene rings is 2. The van der Waals surface area contributed by atoms with E-state index in [0.717, 1.165) is 11.8 Å². The molecule has 1 unspecified atom stereocenters. The maximum Gasteiger partial charge on any atom is 0.573 e. The second-order valence-electron chi connectivity index (χ2n) is 6.40. The lowest BCUT2D eigenvalue weighted by Gasteiger charge is -2.39. The number of alkyl halides is 3. The molecular weight excluding hydrogens is 375 g/mol. The summed E-state index contributed by atoms with van der Waals surface area (Å²) in [6.07, 6.45) is -4.80. The molecule has 1 heterocycles. The van der Waals surface area contributed by atoms with Crippen molar-refractivity contribution >= 4 is 17.4 Å². The summed E-state index contributed by atoms with van der Waals surface area (Å²) in [6.45, 7) is 0.759. The van der Waals surface area contributed by atoms with Crippen molar-refractivity contribution in [3.8, 4) is 11.5 Å². The maximum atomic E-state index is 12.6. The molecule has 1 aliphatic rings. The number of carbonyl (C=O) groups excluding carboxylic acids is 1. The van der Waals surface area contributed by atoms with E-state index in [4.69, 9.17) is 4.74 Å². The Hall–Kier alpha value is -3.10. The Morgan fingerprint density at radius 2 is 1.75 bits per heavy atom. The molecule has 1 saturated heterocycles. The molecule has 9 heteroatoms. The Morgan fingerprint density at radius 3 is 2.39 bits per heavy atom. The number of hydrogen-bond acceptors (Lipinski definition) is 4. The number of nitrogens with one attached hydrogen (secondary N) is 1. The number of likely N-dealkylation sites (N-methyl/N-ethyl adjacent to an activating group) is 1. The first-order valence-corrected chi connectivity index (χ1v) is 8.54. The Labute approximate surface area is 160 Å². The van der Waals surface area contributed by atoms with Gasteiger partial charge in [0, 0.05) is 49.7 Å². The highest BCUT2D eigenvalue weighted by atomic mass is 19.4. The highest BCUT2D eigenvalue weighted by Gasteiger charge is 2.32. The van der Waals surface area contributed by atoms with Gasteiger partial charge in [0.05, 0.1) is 13.2 Å². The molecule has 1 atom stereocenters. The predicted molar refractivity (Wildman–Crippen MR) is 98.9 cm³/mol. The van der Waals surface area contributed by atoms with E-state index < -0.39 is 6.36 Å². The van der Waals surface area contributed by atoms with E-state index in [1.807, 2.05) is 30.3 Å². The van der Waals surface area contributed by atoms with Crippen molar-refractivity contribution < 1.29 is 27.4 Å². The van der Waals surface area contributed by atoms with Gasteiger partial charge in [0.1, 0.15) is 11.5 Å². The fraction of sp³-hybridized carbons (Fsp3) is 0.316. The lowest BCUT2D eigenvalue weighted by atomic mass is 10.1. The van der Waals surface area contributed by atoms with Crippen LogP contribution in [0.25, 0.3) is 0 Å². The third-order valence-corrected chi connectivity index (χ3v) is 4.24. The molecule has 6 nitrogen and oxygen atoms in total. The fourth-order valence-corrected chi connectivity index (χ4v) is 3.09. The minimum Gasteiger partial charge on any atom is -0.497 e. The number of urea groups is 1. The average Bonchev–Trinajstić information content (AvgIpc) is 2.63. The number of amides is 2. The van der Waals surface area contributed by atoms with E-state index in [1.165, 1.54) is 13.2 Å². The molecule has 2 amide bonds. The van der Waals surface area contributed by atoms with Crippen molar-refractivity contribution in [3.63, 3.8) is 0 Å². The second-order valence-corrected chi connectivity index (χ2v) is 6.40. The second kappa shape index (κ2) is 7.87. The number of halogens is 3. The Kier molecular flexibility index (Phi) is 5.53. The molecule has 3 rings (SSSR count). The first kappa shape index (κ1) is 19.7. The van der Waals surface area contributed by atoms with E-state index in [0.29, 0.717) is 18.8 Å². The summed E-state index contributed by atoms with van der Waals surface area (Å²) in [7, 11) is 3.04. The number of para-hydroxylation sites is 1. The minimum absolute atomic E-state index is 0.143. The number of hydrogen-bond donors (Lipinski definition) is 1. The van der Waals surface area contributed by atoms with Gasteiger partial charge in [0.2, 0.25) is 0 Å². The Bertz CT molecular complexity index is 830. The van der Waals surface area contributed by atoms with Crippen LogP contribution in [-0.2, 0) is 0 Å². The van der Waals surface area contributed by atoms with Crippen LogP contribution in [0.1, 0.15) is 0 Å². The molecule has 28 heavy (non-hydrogen) atoms. The minimum atomic E-state index is -4.80. The summed E-state index contributed by atoms with van der Waals surface area (Å²) in [5, 5.41) is 3.17. The normalized spacial score (nSPS) is 17.5. The molecule has 1 N–H and O–H groups in total. The first-order chi connectivity index (χ1) is 13.2. The van der Waals surface area contributed by atoms with Crippen LogP contribution in [0.2, 0.25) is 0 Å². The van der Waals surface area contributed by atoms with Gasteiger partial charge < -0.3 is 19.7 Å². The molecule has 1 aliphatic heterocycles. The maximum absolute atomic E-state index is 12.6. The highest BCUT2D eigenvalue weighted by Crippen LogP contribution is 2.31. The van der Waals surface area contributed by atoms with Gasteiger partial charge in [-0.3, -0.25) is 4.90 Å². The molecule has 0 radical (unpaired) electrons. The average molecular weight is 395 g/mol. The van der Waals surface area contributed by atoms with Crippen molar-refractivity contribution in [1.29, 1.82) is 0 Å². The number of anilines is 2. The predicted octanol–water partition coefficient (Wildman–Crippen LogP) is 3.95. The quantitative estimate of drug-likeness (QED) is 0.833. The van der Waals surface area contributed by atoms with E-state index in [-0.39, 0.29) is 23.6 Å². The molecule has 1 fully saturated rings. The van der Waals surface area contributed by atoms with E-state index >= 15 is 0 Å². The number of carbonyl (C=O) groups is 1. The third kappa shape index (κ3) is 4.79. The number of rotatable bonds is 5. The van der Waals surface area contributed by atoms with Crippen molar-refractivity contribution in [1.82, 2.24) is 4.90 Å². The van der Waals surface area contributed by atoms with Crippen molar-refractivity contribution in [2.75, 3.05) is 37.5 Å². The van der Waals surface area contributed by atoms with Crippen molar-refractivity contribution in [2.24, 2.45) is 0 Å². The summed E-state index contributed by atoms with van der Waals surface area (Å²) >= 11 is 0. The molecule has 0 spiro atoms. The smallest absolute Gasteiger partial charge is 0.497 e. The van der Waals surface area contributed by atoms with Gasteiger partial charge in [0.15, 0.2) is 0 Å². The molecule has 150 valence electrons. The molecular formula is C19H20F3N3O3. The lowest BCUT2D eigenvalue weighted by molar-refractivity contribution is -0.274. The van der Waals surface area contributed by atoms with E-state index in [1.54, 1.807) is 22.9 Å². The van der Waals surface area contributed by atoms with Gasteiger partial charge >= 0.3 is 12.4 Å². The number of nitrogens with zero attached hydrogens (tertiary/aromatic N) is 2. The van der Waals surface area contributed by atoms with Gasteiger partial charge in [0.25, 0.3) is 0 Å². The van der Waals surface area contributed by atoms with Crippen LogP contribution in [0.4, 0.5) is 29.3 Å². The number of methoxy groups -OCH3 is 1. The van der Waals surface area contributed by atoms with Crippen LogP contribution in [0, 0.1) is 0 Å². The molecule has 0 bridgehead atoms. The van der Waals surface area contributed by atoms with Crippen LogP contribution in [0.3, 0.4) is 0 Å². The van der Waals surface area contributed by atoms with Gasteiger partial charge in [-0.2, -0.15) is 0 Å². The van der Waals surface area contributed by atoms with Crippen LogP contribution >= 0.6 is 0 Å².